The van der Waals surface area contributed by atoms with Crippen molar-refractivity contribution in [2.24, 2.45) is 0 Å². The summed E-state index contributed by atoms with van der Waals surface area (Å²) in [5.74, 6) is -1.94. The number of esters is 1. The molecular formula is C21H17F3O5. The zero-order valence-electron chi connectivity index (χ0n) is 15.6. The molecule has 0 spiro atoms. The maximum Gasteiger partial charge on any atom is 0.450 e. The number of benzene rings is 2. The number of fused-ring (bicyclic) bond motifs is 1. The van der Waals surface area contributed by atoms with Gasteiger partial charge in [0, 0.05) is 6.07 Å². The molecule has 0 aliphatic rings. The number of hydrogen-bond donors (Lipinski definition) is 0. The zero-order chi connectivity index (χ0) is 21.2. The van der Waals surface area contributed by atoms with Crippen molar-refractivity contribution in [1.29, 1.82) is 0 Å². The Labute approximate surface area is 163 Å². The number of carbonyl (C=O) groups excluding carboxylic acids is 1. The summed E-state index contributed by atoms with van der Waals surface area (Å²) >= 11 is 0. The lowest BCUT2D eigenvalue weighted by Crippen LogP contribution is -2.26. The molecule has 0 saturated carbocycles. The van der Waals surface area contributed by atoms with Gasteiger partial charge < -0.3 is 13.9 Å². The van der Waals surface area contributed by atoms with Crippen molar-refractivity contribution in [2.45, 2.75) is 26.1 Å². The lowest BCUT2D eigenvalue weighted by molar-refractivity contribution is -0.152. The second kappa shape index (κ2) is 7.98. The summed E-state index contributed by atoms with van der Waals surface area (Å²) in [6.45, 7) is 3.24. The van der Waals surface area contributed by atoms with E-state index in [1.54, 1.807) is 13.0 Å². The molecule has 0 fully saturated rings. The van der Waals surface area contributed by atoms with E-state index in [0.717, 1.165) is 6.07 Å². The summed E-state index contributed by atoms with van der Waals surface area (Å²) in [7, 11) is 0. The molecular weight excluding hydrogens is 389 g/mol. The van der Waals surface area contributed by atoms with E-state index in [1.807, 2.05) is 0 Å². The minimum Gasteiger partial charge on any atom is -0.479 e. The second-order valence-electron chi connectivity index (χ2n) is 6.17. The van der Waals surface area contributed by atoms with Crippen LogP contribution >= 0.6 is 0 Å². The van der Waals surface area contributed by atoms with E-state index in [-0.39, 0.29) is 28.9 Å². The van der Waals surface area contributed by atoms with Crippen LogP contribution in [0.3, 0.4) is 0 Å². The van der Waals surface area contributed by atoms with E-state index < -0.39 is 35.0 Å². The number of alkyl halides is 3. The average molecular weight is 406 g/mol. The first kappa shape index (κ1) is 20.4. The molecule has 1 aromatic heterocycles. The molecule has 3 aromatic rings. The number of carbonyl (C=O) groups is 1. The van der Waals surface area contributed by atoms with Crippen molar-refractivity contribution < 1.29 is 31.9 Å². The summed E-state index contributed by atoms with van der Waals surface area (Å²) < 4.78 is 56.2. The van der Waals surface area contributed by atoms with Crippen LogP contribution in [0.15, 0.2) is 57.7 Å². The third kappa shape index (κ3) is 4.26. The zero-order valence-corrected chi connectivity index (χ0v) is 15.6. The normalized spacial score (nSPS) is 12.6. The molecule has 8 heteroatoms. The van der Waals surface area contributed by atoms with E-state index in [2.05, 4.69) is 0 Å². The molecule has 2 aromatic carbocycles. The minimum atomic E-state index is -4.88. The molecule has 0 aliphatic carbocycles. The van der Waals surface area contributed by atoms with E-state index in [1.165, 1.54) is 43.3 Å². The summed E-state index contributed by atoms with van der Waals surface area (Å²) in [6, 6.07) is 11.4. The fraction of sp³-hybridized carbons (Fsp3) is 0.238. The van der Waals surface area contributed by atoms with Gasteiger partial charge in [-0.3, -0.25) is 4.79 Å². The fourth-order valence-electron chi connectivity index (χ4n) is 2.83. The van der Waals surface area contributed by atoms with Crippen LogP contribution < -0.4 is 10.2 Å². The lowest BCUT2D eigenvalue weighted by atomic mass is 10.0. The Balaban J connectivity index is 2.13. The highest BCUT2D eigenvalue weighted by atomic mass is 19.4. The van der Waals surface area contributed by atoms with E-state index in [0.29, 0.717) is 0 Å². The Morgan fingerprint density at radius 3 is 2.45 bits per heavy atom. The van der Waals surface area contributed by atoms with Gasteiger partial charge in [-0.05, 0) is 31.5 Å². The maximum absolute atomic E-state index is 13.6. The summed E-state index contributed by atoms with van der Waals surface area (Å²) in [6.07, 6.45) is -5.86. The third-order valence-corrected chi connectivity index (χ3v) is 4.12. The molecule has 5 nitrogen and oxygen atoms in total. The number of ether oxygens (including phenoxy) is 2. The first-order valence-electron chi connectivity index (χ1n) is 8.79. The van der Waals surface area contributed by atoms with E-state index in [9.17, 15) is 22.8 Å². The largest absolute Gasteiger partial charge is 0.479 e. The van der Waals surface area contributed by atoms with Crippen LogP contribution in [0.25, 0.3) is 22.1 Å². The number of halogens is 3. The Kier molecular flexibility index (Phi) is 5.63. The minimum absolute atomic E-state index is 0.0343. The standard InChI is InChI=1S/C21H17F3O5/c1-3-27-20(26)12(2)28-14-9-10-15-16(11-14)29-19(21(22,23)24)17(18(15)25)13-7-5-4-6-8-13/h4-12H,3H2,1-2H3. The van der Waals surface area contributed by atoms with Crippen molar-refractivity contribution in [3.63, 3.8) is 0 Å². The van der Waals surface area contributed by atoms with Gasteiger partial charge in [-0.15, -0.1) is 0 Å². The molecule has 0 saturated heterocycles. The molecule has 1 unspecified atom stereocenters. The van der Waals surface area contributed by atoms with Crippen molar-refractivity contribution in [1.82, 2.24) is 0 Å². The Morgan fingerprint density at radius 2 is 1.83 bits per heavy atom. The molecule has 152 valence electrons. The monoisotopic (exact) mass is 406 g/mol. The quantitative estimate of drug-likeness (QED) is 0.569. The van der Waals surface area contributed by atoms with E-state index >= 15 is 0 Å². The summed E-state index contributed by atoms with van der Waals surface area (Å²) in [5.41, 5.74) is -1.56. The first-order valence-corrected chi connectivity index (χ1v) is 8.79. The van der Waals surface area contributed by atoms with Crippen LogP contribution in [0.2, 0.25) is 0 Å². The van der Waals surface area contributed by atoms with Gasteiger partial charge in [0.2, 0.25) is 11.2 Å². The van der Waals surface area contributed by atoms with Gasteiger partial charge in [-0.1, -0.05) is 30.3 Å². The van der Waals surface area contributed by atoms with Crippen LogP contribution in [0.4, 0.5) is 13.2 Å². The van der Waals surface area contributed by atoms with Gasteiger partial charge in [0.05, 0.1) is 17.6 Å². The van der Waals surface area contributed by atoms with Crippen LogP contribution in [0, 0.1) is 0 Å². The summed E-state index contributed by atoms with van der Waals surface area (Å²) in [4.78, 5) is 24.5. The van der Waals surface area contributed by atoms with Crippen LogP contribution in [-0.4, -0.2) is 18.7 Å². The van der Waals surface area contributed by atoms with Gasteiger partial charge in [0.25, 0.3) is 0 Å². The molecule has 1 atom stereocenters. The molecule has 1 heterocycles. The average Bonchev–Trinajstić information content (AvgIpc) is 2.67. The van der Waals surface area contributed by atoms with Crippen LogP contribution in [0.5, 0.6) is 5.75 Å². The van der Waals surface area contributed by atoms with Gasteiger partial charge in [-0.25, -0.2) is 4.79 Å². The third-order valence-electron chi connectivity index (χ3n) is 4.12. The molecule has 29 heavy (non-hydrogen) atoms. The Morgan fingerprint density at radius 1 is 1.14 bits per heavy atom. The molecule has 0 amide bonds. The van der Waals surface area contributed by atoms with Gasteiger partial charge in [0.1, 0.15) is 11.3 Å². The molecule has 0 radical (unpaired) electrons. The molecule has 3 rings (SSSR count). The van der Waals surface area contributed by atoms with Crippen molar-refractivity contribution in [3.8, 4) is 16.9 Å². The van der Waals surface area contributed by atoms with Crippen molar-refractivity contribution in [3.05, 3.63) is 64.5 Å². The van der Waals surface area contributed by atoms with Crippen molar-refractivity contribution >= 4 is 16.9 Å². The molecule has 0 N–H and O–H groups in total. The smallest absolute Gasteiger partial charge is 0.450 e. The highest BCUT2D eigenvalue weighted by Crippen LogP contribution is 2.37. The predicted molar refractivity (Wildman–Crippen MR) is 99.6 cm³/mol. The Bertz CT molecular complexity index is 1090. The van der Waals surface area contributed by atoms with Crippen molar-refractivity contribution in [2.75, 3.05) is 6.61 Å². The second-order valence-corrected chi connectivity index (χ2v) is 6.17. The number of rotatable bonds is 5. The maximum atomic E-state index is 13.6. The SMILES string of the molecule is CCOC(=O)C(C)Oc1ccc2c(=O)c(-c3ccccc3)c(C(F)(F)F)oc2c1. The fourth-order valence-corrected chi connectivity index (χ4v) is 2.83. The van der Waals surface area contributed by atoms with Gasteiger partial charge >= 0.3 is 12.1 Å². The molecule has 0 bridgehead atoms. The summed E-state index contributed by atoms with van der Waals surface area (Å²) in [5, 5.41) is -0.0343. The highest BCUT2D eigenvalue weighted by Gasteiger charge is 2.39. The lowest BCUT2D eigenvalue weighted by Gasteiger charge is -2.15. The molecule has 0 aliphatic heterocycles. The van der Waals surface area contributed by atoms with Crippen LogP contribution in [-0.2, 0) is 15.7 Å². The highest BCUT2D eigenvalue weighted by molar-refractivity contribution is 5.84. The number of hydrogen-bond acceptors (Lipinski definition) is 5. The van der Waals surface area contributed by atoms with Gasteiger partial charge in [0.15, 0.2) is 6.10 Å². The topological polar surface area (TPSA) is 65.7 Å². The first-order chi connectivity index (χ1) is 13.7. The predicted octanol–water partition coefficient (Wildman–Crippen LogP) is 4.81. The van der Waals surface area contributed by atoms with Gasteiger partial charge in [-0.2, -0.15) is 13.2 Å². The Hall–Kier alpha value is -3.29. The van der Waals surface area contributed by atoms with Crippen LogP contribution in [0.1, 0.15) is 19.6 Å². The van der Waals surface area contributed by atoms with E-state index in [4.69, 9.17) is 13.9 Å².